The molecular formula is C23H15Cl2F7N4O. The van der Waals surface area contributed by atoms with Crippen molar-refractivity contribution in [3.8, 4) is 0 Å². The summed E-state index contributed by atoms with van der Waals surface area (Å²) in [5, 5.41) is 0.703. The minimum atomic E-state index is -5.14. The zero-order chi connectivity index (χ0) is 27.5. The first-order valence-electron chi connectivity index (χ1n) is 10.1. The van der Waals surface area contributed by atoms with Gasteiger partial charge in [0, 0.05) is 25.0 Å². The summed E-state index contributed by atoms with van der Waals surface area (Å²) in [5.41, 5.74) is -1.61. The molecule has 0 saturated heterocycles. The van der Waals surface area contributed by atoms with Gasteiger partial charge in [0.2, 0.25) is 5.95 Å². The van der Waals surface area contributed by atoms with Crippen molar-refractivity contribution >= 4 is 40.9 Å². The van der Waals surface area contributed by atoms with E-state index in [1.807, 2.05) is 0 Å². The lowest BCUT2D eigenvalue weighted by atomic mass is 9.95. The molecule has 1 N–H and O–H groups in total. The van der Waals surface area contributed by atoms with Crippen LogP contribution in [-0.4, -0.2) is 29.1 Å². The molecule has 1 unspecified atom stereocenters. The van der Waals surface area contributed by atoms with Gasteiger partial charge in [0.1, 0.15) is 11.7 Å². The minimum absolute atomic E-state index is 0.0319. The molecule has 0 spiro atoms. The Morgan fingerprint density at radius 3 is 2.22 bits per heavy atom. The molecule has 0 saturated carbocycles. The lowest BCUT2D eigenvalue weighted by Gasteiger charge is -2.20. The minimum Gasteiger partial charge on any atom is -0.267 e. The molecule has 3 aromatic rings. The van der Waals surface area contributed by atoms with Crippen molar-refractivity contribution in [1.29, 1.82) is 0 Å². The predicted octanol–water partition coefficient (Wildman–Crippen LogP) is 7.24. The van der Waals surface area contributed by atoms with Crippen LogP contribution in [0.25, 0.3) is 5.83 Å². The molecule has 37 heavy (non-hydrogen) atoms. The molecule has 0 radical (unpaired) electrons. The van der Waals surface area contributed by atoms with Gasteiger partial charge in [-0.05, 0) is 42.0 Å². The molecule has 3 rings (SSSR count). The van der Waals surface area contributed by atoms with Crippen molar-refractivity contribution in [1.82, 2.24) is 15.4 Å². The third kappa shape index (κ3) is 6.89. The first-order chi connectivity index (χ1) is 17.2. The van der Waals surface area contributed by atoms with Gasteiger partial charge in [0.25, 0.3) is 5.91 Å². The van der Waals surface area contributed by atoms with Crippen molar-refractivity contribution in [3.63, 3.8) is 0 Å². The van der Waals surface area contributed by atoms with Crippen molar-refractivity contribution < 1.29 is 35.5 Å². The molecule has 1 amide bonds. The lowest BCUT2D eigenvalue weighted by Crippen LogP contribution is -2.41. The van der Waals surface area contributed by atoms with Crippen molar-refractivity contribution in [2.24, 2.45) is 0 Å². The molecule has 0 aliphatic rings. The number of hydrogen-bond donors (Lipinski definition) is 1. The van der Waals surface area contributed by atoms with Crippen molar-refractivity contribution in [2.75, 3.05) is 12.1 Å². The number of rotatable bonds is 6. The zero-order valence-corrected chi connectivity index (χ0v) is 20.0. The first kappa shape index (κ1) is 28.2. The Morgan fingerprint density at radius 1 is 1.00 bits per heavy atom. The van der Waals surface area contributed by atoms with E-state index in [0.29, 0.717) is 6.07 Å². The maximum Gasteiger partial charge on any atom is 0.417 e. The van der Waals surface area contributed by atoms with Gasteiger partial charge in [-0.2, -0.15) is 26.3 Å². The Balaban J connectivity index is 1.99. The van der Waals surface area contributed by atoms with Crippen LogP contribution in [0, 0.1) is 0 Å². The number of carbonyl (C=O) groups is 1. The van der Waals surface area contributed by atoms with Crippen LogP contribution in [0.15, 0.2) is 60.9 Å². The van der Waals surface area contributed by atoms with Crippen LogP contribution in [0.2, 0.25) is 10.0 Å². The van der Waals surface area contributed by atoms with Gasteiger partial charge < -0.3 is 0 Å². The zero-order valence-electron chi connectivity index (χ0n) is 18.5. The molecule has 196 valence electrons. The normalized spacial score (nSPS) is 13.3. The maximum atomic E-state index is 14.9. The largest absolute Gasteiger partial charge is 0.417 e. The van der Waals surface area contributed by atoms with Crippen LogP contribution in [0.3, 0.4) is 0 Å². The fourth-order valence-electron chi connectivity index (χ4n) is 3.18. The second kappa shape index (κ2) is 10.9. The Kier molecular flexibility index (Phi) is 8.33. The average Bonchev–Trinajstić information content (AvgIpc) is 2.83. The number of carbonyl (C=O) groups excluding carboxylic acids is 1. The number of allylic oxidation sites excluding steroid dienone is 1. The summed E-state index contributed by atoms with van der Waals surface area (Å²) < 4.78 is 97.2. The SMILES string of the molecule is CN(NC(=O)c1ccc(/C(F)=C/C(c2ccc(Cl)c(Cl)c2)C(F)(F)F)cc1C(F)(F)F)c1ncccn1. The van der Waals surface area contributed by atoms with E-state index in [4.69, 9.17) is 23.2 Å². The lowest BCUT2D eigenvalue weighted by molar-refractivity contribution is -0.140. The van der Waals surface area contributed by atoms with Gasteiger partial charge >= 0.3 is 12.4 Å². The van der Waals surface area contributed by atoms with Gasteiger partial charge in [-0.1, -0.05) is 35.3 Å². The van der Waals surface area contributed by atoms with Crippen LogP contribution in [-0.2, 0) is 6.18 Å². The summed E-state index contributed by atoms with van der Waals surface area (Å²) in [6, 6.07) is 6.08. The topological polar surface area (TPSA) is 58.1 Å². The number of nitrogens with one attached hydrogen (secondary N) is 1. The molecule has 1 aromatic heterocycles. The third-order valence-corrected chi connectivity index (χ3v) is 5.67. The number of hydrazine groups is 1. The van der Waals surface area contributed by atoms with E-state index in [1.165, 1.54) is 25.5 Å². The molecule has 0 aliphatic heterocycles. The Hall–Kier alpha value is -3.38. The molecule has 5 nitrogen and oxygen atoms in total. The quantitative estimate of drug-likeness (QED) is 0.252. The third-order valence-electron chi connectivity index (χ3n) is 4.94. The van der Waals surface area contributed by atoms with Crippen molar-refractivity contribution in [2.45, 2.75) is 18.3 Å². The van der Waals surface area contributed by atoms with Gasteiger partial charge in [0.05, 0.1) is 21.2 Å². The summed E-state index contributed by atoms with van der Waals surface area (Å²) in [6.07, 6.45) is -7.36. The standard InChI is InChI=1S/C23H15Cl2F7N4O/c1-36(21-33-7-2-8-34-21)35-20(37)14-5-3-13(9-16(14)23(30,31)32)19(26)11-15(22(27,28)29)12-4-6-17(24)18(25)10-12/h2-11,15H,1H3,(H,35,37)/b19-11-. The smallest absolute Gasteiger partial charge is 0.267 e. The van der Waals surface area contributed by atoms with Gasteiger partial charge in [-0.3, -0.25) is 15.2 Å². The van der Waals surface area contributed by atoms with Gasteiger partial charge in [-0.15, -0.1) is 0 Å². The molecule has 1 heterocycles. The van der Waals surface area contributed by atoms with E-state index < -0.39 is 52.3 Å². The second-order valence-corrected chi connectivity index (χ2v) is 8.33. The number of halogens is 9. The van der Waals surface area contributed by atoms with Crippen molar-refractivity contribution in [3.05, 3.63) is 93.2 Å². The molecule has 2 aromatic carbocycles. The molecule has 1 atom stereocenters. The summed E-state index contributed by atoms with van der Waals surface area (Å²) >= 11 is 11.5. The van der Waals surface area contributed by atoms with Crippen LogP contribution in [0.5, 0.6) is 0 Å². The molecular weight excluding hydrogens is 552 g/mol. The Bertz CT molecular complexity index is 1310. The number of benzene rings is 2. The number of amides is 1. The number of hydrogen-bond acceptors (Lipinski definition) is 4. The molecule has 0 aliphatic carbocycles. The molecule has 0 fully saturated rings. The summed E-state index contributed by atoms with van der Waals surface area (Å²) in [4.78, 5) is 20.2. The fraction of sp³-hybridized carbons (Fsp3) is 0.174. The van der Waals surface area contributed by atoms with Gasteiger partial charge in [0.15, 0.2) is 0 Å². The summed E-state index contributed by atoms with van der Waals surface area (Å²) in [6.45, 7) is 0. The number of anilines is 1. The highest BCUT2D eigenvalue weighted by atomic mass is 35.5. The predicted molar refractivity (Wildman–Crippen MR) is 124 cm³/mol. The van der Waals surface area contributed by atoms with Crippen LogP contribution < -0.4 is 10.4 Å². The van der Waals surface area contributed by atoms with E-state index in [1.54, 1.807) is 0 Å². The van der Waals surface area contributed by atoms with Gasteiger partial charge in [-0.25, -0.2) is 14.4 Å². The molecule has 14 heteroatoms. The Morgan fingerprint density at radius 2 is 1.65 bits per heavy atom. The fourth-order valence-corrected chi connectivity index (χ4v) is 3.49. The first-order valence-corrected chi connectivity index (χ1v) is 10.9. The number of nitrogens with zero attached hydrogens (tertiary/aromatic N) is 3. The maximum absolute atomic E-state index is 14.9. The van der Waals surface area contributed by atoms with E-state index in [2.05, 4.69) is 15.4 Å². The number of alkyl halides is 6. The highest BCUT2D eigenvalue weighted by molar-refractivity contribution is 6.42. The van der Waals surface area contributed by atoms with Crippen LogP contribution >= 0.6 is 23.2 Å². The second-order valence-electron chi connectivity index (χ2n) is 7.51. The highest BCUT2D eigenvalue weighted by Crippen LogP contribution is 2.41. The molecule has 0 bridgehead atoms. The van der Waals surface area contributed by atoms with E-state index >= 15 is 0 Å². The number of aromatic nitrogens is 2. The van der Waals surface area contributed by atoms with E-state index in [9.17, 15) is 35.5 Å². The highest BCUT2D eigenvalue weighted by Gasteiger charge is 2.40. The summed E-state index contributed by atoms with van der Waals surface area (Å²) in [5.74, 6) is -5.41. The van der Waals surface area contributed by atoms with Crippen LogP contribution in [0.1, 0.15) is 33.0 Å². The Labute approximate surface area is 215 Å². The van der Waals surface area contributed by atoms with Crippen LogP contribution in [0.4, 0.5) is 36.7 Å². The summed E-state index contributed by atoms with van der Waals surface area (Å²) in [7, 11) is 1.28. The average molecular weight is 567 g/mol. The van der Waals surface area contributed by atoms with E-state index in [0.717, 1.165) is 29.3 Å². The van der Waals surface area contributed by atoms with E-state index in [-0.39, 0.29) is 28.1 Å². The monoisotopic (exact) mass is 566 g/mol.